The predicted octanol–water partition coefficient (Wildman–Crippen LogP) is 3.46. The molecule has 2 amide bonds. The average Bonchev–Trinajstić information content (AvgIpc) is 3.34. The molecule has 43 heavy (non-hydrogen) atoms. The van der Waals surface area contributed by atoms with Gasteiger partial charge in [0.05, 0.1) is 35.1 Å². The molecule has 11 nitrogen and oxygen atoms in total. The first-order valence-electron chi connectivity index (χ1n) is 14.6. The van der Waals surface area contributed by atoms with Gasteiger partial charge in [0.15, 0.2) is 5.60 Å². The molecule has 12 heteroatoms. The van der Waals surface area contributed by atoms with Gasteiger partial charge in [0.25, 0.3) is 5.56 Å². The molecule has 0 bridgehead atoms. The number of halogens is 1. The van der Waals surface area contributed by atoms with Gasteiger partial charge in [-0.2, -0.15) is 0 Å². The molecule has 0 fully saturated rings. The van der Waals surface area contributed by atoms with E-state index in [0.717, 1.165) is 22.1 Å². The number of fused-ring (bicyclic) bond motifs is 5. The number of hydrogen-bond acceptors (Lipinski definition) is 7. The molecule has 2 aromatic heterocycles. The Hall–Kier alpha value is -4.32. The minimum absolute atomic E-state index is 0.0169. The summed E-state index contributed by atoms with van der Waals surface area (Å²) in [5.74, 6) is -1.34. The summed E-state index contributed by atoms with van der Waals surface area (Å²) in [7, 11) is 0. The van der Waals surface area contributed by atoms with Gasteiger partial charge in [-0.25, -0.2) is 19.0 Å². The van der Waals surface area contributed by atoms with Crippen molar-refractivity contribution in [3.63, 3.8) is 0 Å². The second-order valence-electron chi connectivity index (χ2n) is 11.5. The quantitative estimate of drug-likeness (QED) is 0.179. The lowest BCUT2D eigenvalue weighted by molar-refractivity contribution is -0.172. The fraction of sp³-hybridized carbons (Fsp3) is 0.452. The number of aliphatic hydroxyl groups is 1. The van der Waals surface area contributed by atoms with Crippen molar-refractivity contribution in [3.8, 4) is 11.4 Å². The Morgan fingerprint density at radius 2 is 1.98 bits per heavy atom. The van der Waals surface area contributed by atoms with Crippen LogP contribution in [0.5, 0.6) is 0 Å². The van der Waals surface area contributed by atoms with E-state index in [2.05, 4.69) is 10.6 Å². The zero-order valence-corrected chi connectivity index (χ0v) is 24.0. The van der Waals surface area contributed by atoms with Crippen LogP contribution in [0.4, 0.5) is 9.18 Å². The molecule has 2 aliphatic heterocycles. The predicted molar refractivity (Wildman–Crippen MR) is 153 cm³/mol. The topological polar surface area (TPSA) is 160 Å². The van der Waals surface area contributed by atoms with E-state index in [1.165, 1.54) is 6.07 Å². The number of amides is 2. The van der Waals surface area contributed by atoms with Gasteiger partial charge < -0.3 is 30.2 Å². The highest BCUT2D eigenvalue weighted by Crippen LogP contribution is 2.46. The Balaban J connectivity index is 1.40. The molecule has 0 unspecified atom stereocenters. The molecule has 2 atom stereocenters. The molecule has 6 rings (SSSR count). The van der Waals surface area contributed by atoms with Crippen molar-refractivity contribution < 1.29 is 33.7 Å². The lowest BCUT2D eigenvalue weighted by Gasteiger charge is -2.31. The summed E-state index contributed by atoms with van der Waals surface area (Å²) >= 11 is 0. The molecule has 0 radical (unpaired) electrons. The van der Waals surface area contributed by atoms with E-state index in [4.69, 9.17) is 14.8 Å². The fourth-order valence-corrected chi connectivity index (χ4v) is 6.75. The second kappa shape index (κ2) is 10.7. The first kappa shape index (κ1) is 28.8. The number of aryl methyl sites for hydroxylation is 1. The molecular weight excluding hydrogens is 559 g/mol. The molecule has 3 aliphatic rings. The maximum Gasteiger partial charge on any atom is 0.404 e. The van der Waals surface area contributed by atoms with Crippen LogP contribution in [0.15, 0.2) is 16.9 Å². The van der Waals surface area contributed by atoms with E-state index in [1.54, 1.807) is 24.5 Å². The summed E-state index contributed by atoms with van der Waals surface area (Å²) in [4.78, 5) is 54.8. The van der Waals surface area contributed by atoms with Gasteiger partial charge in [0, 0.05) is 35.5 Å². The number of aromatic nitrogens is 2. The first-order chi connectivity index (χ1) is 20.5. The summed E-state index contributed by atoms with van der Waals surface area (Å²) in [6.45, 7) is 3.62. The van der Waals surface area contributed by atoms with Crippen LogP contribution in [0, 0.1) is 12.7 Å². The van der Waals surface area contributed by atoms with Crippen molar-refractivity contribution in [2.24, 2.45) is 0 Å². The van der Waals surface area contributed by atoms with Gasteiger partial charge in [0.2, 0.25) is 5.91 Å². The largest absolute Gasteiger partial charge is 0.465 e. The van der Waals surface area contributed by atoms with Crippen LogP contribution in [0.1, 0.15) is 84.9 Å². The molecule has 226 valence electrons. The number of ether oxygens (including phenoxy) is 1. The van der Waals surface area contributed by atoms with Crippen molar-refractivity contribution >= 4 is 28.9 Å². The number of unbranched alkanes of at least 4 members (excludes halogenated alkanes) is 2. The summed E-state index contributed by atoms with van der Waals surface area (Å²) in [5.41, 5.74) is 2.27. The molecule has 0 saturated heterocycles. The lowest BCUT2D eigenvalue weighted by atomic mass is 9.81. The smallest absolute Gasteiger partial charge is 0.404 e. The standard InChI is InChI=1S/C31H33FN4O7/c1-3-31(42)19-11-23-27-17(13-36(23)28(38)18(19)14-43-29(31)39)26-21(34-24(37)7-5-4-6-10-33-30(40)41)9-8-16-15(2)20(32)12-22(35-27)25(16)26/h11-12,21,33,42H,3-10,13-14H2,1-2H3,(H,34,37)(H,40,41)/t21-,31-/m0/s1. The number of carboxylic acid groups (broad SMARTS) is 1. The van der Waals surface area contributed by atoms with Crippen molar-refractivity contribution in [2.45, 2.75) is 83.6 Å². The molecule has 1 aromatic carbocycles. The Labute approximate surface area is 246 Å². The molecule has 4 N–H and O–H groups in total. The molecule has 3 aromatic rings. The average molecular weight is 593 g/mol. The molecule has 1 aliphatic carbocycles. The van der Waals surface area contributed by atoms with Crippen LogP contribution in [-0.2, 0) is 39.5 Å². The van der Waals surface area contributed by atoms with Crippen LogP contribution in [0.3, 0.4) is 0 Å². The van der Waals surface area contributed by atoms with E-state index < -0.39 is 29.3 Å². The number of hydrogen-bond donors (Lipinski definition) is 4. The number of cyclic esters (lactones) is 1. The molecule has 0 saturated carbocycles. The van der Waals surface area contributed by atoms with Gasteiger partial charge in [-0.05, 0) is 61.8 Å². The van der Waals surface area contributed by atoms with Gasteiger partial charge in [0.1, 0.15) is 12.4 Å². The highest BCUT2D eigenvalue weighted by Gasteiger charge is 2.46. The van der Waals surface area contributed by atoms with E-state index in [0.29, 0.717) is 61.1 Å². The Morgan fingerprint density at radius 3 is 2.72 bits per heavy atom. The van der Waals surface area contributed by atoms with E-state index in [9.17, 15) is 24.3 Å². The summed E-state index contributed by atoms with van der Waals surface area (Å²) in [5, 5.41) is 26.1. The monoisotopic (exact) mass is 592 g/mol. The minimum atomic E-state index is -1.97. The minimum Gasteiger partial charge on any atom is -0.465 e. The van der Waals surface area contributed by atoms with Crippen LogP contribution in [-0.4, -0.2) is 44.3 Å². The highest BCUT2D eigenvalue weighted by molar-refractivity contribution is 5.94. The van der Waals surface area contributed by atoms with Crippen molar-refractivity contribution in [3.05, 3.63) is 61.7 Å². The number of esters is 1. The number of nitrogens with one attached hydrogen (secondary N) is 2. The third-order valence-corrected chi connectivity index (χ3v) is 9.07. The van der Waals surface area contributed by atoms with Gasteiger partial charge in [-0.1, -0.05) is 13.3 Å². The van der Waals surface area contributed by atoms with Gasteiger partial charge >= 0.3 is 12.1 Å². The molecule has 4 heterocycles. The first-order valence-corrected chi connectivity index (χ1v) is 14.6. The van der Waals surface area contributed by atoms with E-state index >= 15 is 4.39 Å². The number of carbonyl (C=O) groups excluding carboxylic acids is 2. The van der Waals surface area contributed by atoms with Crippen LogP contribution in [0.25, 0.3) is 22.3 Å². The van der Waals surface area contributed by atoms with Crippen LogP contribution in [0.2, 0.25) is 0 Å². The number of nitrogens with zero attached hydrogens (tertiary/aromatic N) is 2. The third-order valence-electron chi connectivity index (χ3n) is 9.07. The highest BCUT2D eigenvalue weighted by atomic mass is 19.1. The van der Waals surface area contributed by atoms with Crippen LogP contribution >= 0.6 is 0 Å². The number of rotatable bonds is 8. The number of benzene rings is 1. The van der Waals surface area contributed by atoms with Crippen LogP contribution < -0.4 is 16.2 Å². The Bertz CT molecular complexity index is 1770. The van der Waals surface area contributed by atoms with E-state index in [-0.39, 0.29) is 48.8 Å². The second-order valence-corrected chi connectivity index (χ2v) is 11.5. The SMILES string of the molecule is CC[C@@]1(O)C(=O)OCc2c1cc1n(c2=O)Cc2c-1nc1cc(F)c(C)c3c1c2[C@@H](NC(=O)CCCCCNC(=O)O)CC3. The number of carbonyl (C=O) groups is 3. The zero-order chi connectivity index (χ0) is 30.6. The lowest BCUT2D eigenvalue weighted by Crippen LogP contribution is -2.44. The molecule has 0 spiro atoms. The molecular formula is C31H33FN4O7. The van der Waals surface area contributed by atoms with E-state index in [1.807, 2.05) is 0 Å². The Kier molecular flexibility index (Phi) is 7.19. The van der Waals surface area contributed by atoms with Crippen molar-refractivity contribution in [1.82, 2.24) is 20.2 Å². The van der Waals surface area contributed by atoms with Crippen molar-refractivity contribution in [1.29, 1.82) is 0 Å². The maximum atomic E-state index is 15.1. The number of pyridine rings is 2. The third kappa shape index (κ3) is 4.64. The van der Waals surface area contributed by atoms with Gasteiger partial charge in [-0.15, -0.1) is 0 Å². The normalized spacial score (nSPS) is 19.8. The Morgan fingerprint density at radius 1 is 1.19 bits per heavy atom. The zero-order valence-electron chi connectivity index (χ0n) is 24.0. The maximum absolute atomic E-state index is 15.1. The van der Waals surface area contributed by atoms with Crippen molar-refractivity contribution in [2.75, 3.05) is 6.54 Å². The summed E-state index contributed by atoms with van der Waals surface area (Å²) in [6.07, 6.45) is 2.20. The summed E-state index contributed by atoms with van der Waals surface area (Å²) < 4.78 is 21.8. The van der Waals surface area contributed by atoms with Gasteiger partial charge in [-0.3, -0.25) is 9.59 Å². The summed E-state index contributed by atoms with van der Waals surface area (Å²) in [6, 6.07) is 2.61. The fourth-order valence-electron chi connectivity index (χ4n) is 6.75.